The zero-order chi connectivity index (χ0) is 17.4. The second-order valence-corrected chi connectivity index (χ2v) is 7.68. The van der Waals surface area contributed by atoms with Crippen molar-refractivity contribution in [2.75, 3.05) is 39.4 Å². The van der Waals surface area contributed by atoms with Gasteiger partial charge in [0.05, 0.1) is 18.9 Å². The molecular formula is C18H23N3O3S. The van der Waals surface area contributed by atoms with Crippen molar-refractivity contribution < 1.29 is 13.9 Å². The second-order valence-electron chi connectivity index (χ2n) is 6.69. The molecule has 2 saturated heterocycles. The molecule has 0 spiro atoms. The van der Waals surface area contributed by atoms with Crippen LogP contribution < -0.4 is 0 Å². The van der Waals surface area contributed by atoms with E-state index < -0.39 is 0 Å². The molecule has 0 aliphatic carbocycles. The minimum Gasteiger partial charge on any atom is -0.459 e. The highest BCUT2D eigenvalue weighted by Crippen LogP contribution is 2.31. The highest BCUT2D eigenvalue weighted by molar-refractivity contribution is 7.17. The van der Waals surface area contributed by atoms with Crippen LogP contribution in [-0.2, 0) is 4.74 Å². The van der Waals surface area contributed by atoms with E-state index in [2.05, 4.69) is 9.88 Å². The lowest BCUT2D eigenvalue weighted by Gasteiger charge is -2.32. The van der Waals surface area contributed by atoms with Crippen LogP contribution in [0.3, 0.4) is 0 Å². The lowest BCUT2D eigenvalue weighted by Crippen LogP contribution is -2.45. The van der Waals surface area contributed by atoms with E-state index >= 15 is 0 Å². The molecule has 134 valence electrons. The number of aromatic nitrogens is 1. The van der Waals surface area contributed by atoms with E-state index in [0.717, 1.165) is 72.9 Å². The fourth-order valence-electron chi connectivity index (χ4n) is 3.56. The van der Waals surface area contributed by atoms with Crippen LogP contribution in [0.25, 0.3) is 10.8 Å². The van der Waals surface area contributed by atoms with E-state index in [1.165, 1.54) is 11.3 Å². The van der Waals surface area contributed by atoms with Gasteiger partial charge in [0, 0.05) is 32.2 Å². The number of amides is 1. The van der Waals surface area contributed by atoms with E-state index in [1.807, 2.05) is 30.9 Å². The van der Waals surface area contributed by atoms with Crippen LogP contribution in [0.5, 0.6) is 0 Å². The minimum absolute atomic E-state index is 0.0975. The van der Waals surface area contributed by atoms with Gasteiger partial charge in [-0.05, 0) is 32.4 Å². The van der Waals surface area contributed by atoms with E-state index in [9.17, 15) is 4.79 Å². The van der Waals surface area contributed by atoms with E-state index in [1.54, 1.807) is 0 Å². The summed E-state index contributed by atoms with van der Waals surface area (Å²) >= 11 is 1.43. The number of nitrogens with zero attached hydrogens (tertiary/aromatic N) is 3. The lowest BCUT2D eigenvalue weighted by molar-refractivity contribution is 0.0185. The number of hydrogen-bond acceptors (Lipinski definition) is 6. The van der Waals surface area contributed by atoms with Crippen LogP contribution in [0.1, 0.15) is 27.5 Å². The molecule has 2 fully saturated rings. The van der Waals surface area contributed by atoms with Gasteiger partial charge in [0.1, 0.15) is 10.6 Å². The number of rotatable bonds is 3. The third-order valence-electron chi connectivity index (χ3n) is 4.95. The highest BCUT2D eigenvalue weighted by atomic mass is 32.1. The second kappa shape index (κ2) is 6.90. The third-order valence-corrected chi connectivity index (χ3v) is 6.11. The first-order valence-electron chi connectivity index (χ1n) is 8.77. The maximum absolute atomic E-state index is 13.0. The molecule has 0 N–H and O–H groups in total. The van der Waals surface area contributed by atoms with Gasteiger partial charge in [0.15, 0.2) is 10.8 Å². The molecule has 4 heterocycles. The molecule has 0 bridgehead atoms. The first-order chi connectivity index (χ1) is 12.1. The van der Waals surface area contributed by atoms with Crippen molar-refractivity contribution in [3.8, 4) is 10.8 Å². The topological polar surface area (TPSA) is 58.8 Å². The quantitative estimate of drug-likeness (QED) is 0.841. The Kier molecular flexibility index (Phi) is 4.62. The number of ether oxygens (including phenoxy) is 1. The van der Waals surface area contributed by atoms with Crippen molar-refractivity contribution in [1.29, 1.82) is 0 Å². The van der Waals surface area contributed by atoms with Crippen LogP contribution in [0.15, 0.2) is 16.5 Å². The molecule has 0 radical (unpaired) electrons. The standard InChI is InChI=1S/C18H23N3O3S/c1-12-3-4-15(24-12)17-19-13(2)16(25-17)18(22)21-6-5-14(11-21)20-7-9-23-10-8-20/h3-4,14H,5-11H2,1-2H3/t14-/m0/s1. The average Bonchev–Trinajstić information content (AvgIpc) is 3.34. The van der Waals surface area contributed by atoms with Crippen LogP contribution in [0.4, 0.5) is 0 Å². The number of morpholine rings is 1. The molecular weight excluding hydrogens is 338 g/mol. The molecule has 6 nitrogen and oxygen atoms in total. The number of carbonyl (C=O) groups is 1. The SMILES string of the molecule is Cc1ccc(-c2nc(C)c(C(=O)N3CC[C@H](N4CCOCC4)C3)s2)o1. The van der Waals surface area contributed by atoms with Crippen molar-refractivity contribution in [2.24, 2.45) is 0 Å². The summed E-state index contributed by atoms with van der Waals surface area (Å²) in [7, 11) is 0. The predicted molar refractivity (Wildman–Crippen MR) is 96.0 cm³/mol. The number of thiazole rings is 1. The van der Waals surface area contributed by atoms with Gasteiger partial charge in [-0.2, -0.15) is 0 Å². The zero-order valence-corrected chi connectivity index (χ0v) is 15.5. The smallest absolute Gasteiger partial charge is 0.265 e. The van der Waals surface area contributed by atoms with Crippen LogP contribution in [0.2, 0.25) is 0 Å². The summed E-state index contributed by atoms with van der Waals surface area (Å²) in [6.45, 7) is 8.94. The molecule has 1 atom stereocenters. The highest BCUT2D eigenvalue weighted by Gasteiger charge is 2.33. The summed E-state index contributed by atoms with van der Waals surface area (Å²) in [4.78, 5) is 22.7. The van der Waals surface area contributed by atoms with Crippen molar-refractivity contribution in [3.05, 3.63) is 28.5 Å². The fraction of sp³-hybridized carbons (Fsp3) is 0.556. The lowest BCUT2D eigenvalue weighted by atomic mass is 10.2. The minimum atomic E-state index is 0.0975. The number of likely N-dealkylation sites (tertiary alicyclic amines) is 1. The third kappa shape index (κ3) is 3.36. The van der Waals surface area contributed by atoms with Crippen molar-refractivity contribution in [2.45, 2.75) is 26.3 Å². The maximum atomic E-state index is 13.0. The molecule has 7 heteroatoms. The van der Waals surface area contributed by atoms with Gasteiger partial charge in [0.25, 0.3) is 5.91 Å². The molecule has 0 aromatic carbocycles. The van der Waals surface area contributed by atoms with Crippen molar-refractivity contribution in [3.63, 3.8) is 0 Å². The molecule has 0 saturated carbocycles. The van der Waals surface area contributed by atoms with Gasteiger partial charge < -0.3 is 14.1 Å². The maximum Gasteiger partial charge on any atom is 0.265 e. The Morgan fingerprint density at radius 2 is 2.04 bits per heavy atom. The van der Waals surface area contributed by atoms with Gasteiger partial charge in [-0.1, -0.05) is 0 Å². The summed E-state index contributed by atoms with van der Waals surface area (Å²) in [5.74, 6) is 1.68. The molecule has 25 heavy (non-hydrogen) atoms. The molecule has 2 aromatic rings. The summed E-state index contributed by atoms with van der Waals surface area (Å²) in [6.07, 6.45) is 1.04. The molecule has 2 aromatic heterocycles. The molecule has 2 aliphatic rings. The Bertz CT molecular complexity index is 763. The fourth-order valence-corrected chi connectivity index (χ4v) is 4.56. The van der Waals surface area contributed by atoms with Crippen molar-refractivity contribution >= 4 is 17.2 Å². The summed E-state index contributed by atoms with van der Waals surface area (Å²) in [5.41, 5.74) is 0.786. The van der Waals surface area contributed by atoms with Gasteiger partial charge in [0.2, 0.25) is 0 Å². The van der Waals surface area contributed by atoms with Crippen LogP contribution >= 0.6 is 11.3 Å². The first-order valence-corrected chi connectivity index (χ1v) is 9.59. The van der Waals surface area contributed by atoms with Gasteiger partial charge in [-0.3, -0.25) is 9.69 Å². The van der Waals surface area contributed by atoms with Crippen LogP contribution in [-0.4, -0.2) is 66.1 Å². The predicted octanol–water partition coefficient (Wildman–Crippen LogP) is 2.57. The van der Waals surface area contributed by atoms with Gasteiger partial charge in [-0.15, -0.1) is 11.3 Å². The molecule has 0 unspecified atom stereocenters. The normalized spacial score (nSPS) is 21.8. The van der Waals surface area contributed by atoms with Gasteiger partial charge in [-0.25, -0.2) is 4.98 Å². The summed E-state index contributed by atoms with van der Waals surface area (Å²) < 4.78 is 11.1. The average molecular weight is 361 g/mol. The largest absolute Gasteiger partial charge is 0.459 e. The molecule has 2 aliphatic heterocycles. The Balaban J connectivity index is 1.47. The Hall–Kier alpha value is -1.70. The Labute approximate surface area is 151 Å². The van der Waals surface area contributed by atoms with Gasteiger partial charge >= 0.3 is 0 Å². The Morgan fingerprint density at radius 1 is 1.24 bits per heavy atom. The van der Waals surface area contributed by atoms with E-state index in [0.29, 0.717) is 6.04 Å². The number of carbonyl (C=O) groups excluding carboxylic acids is 1. The first kappa shape index (κ1) is 16.8. The van der Waals surface area contributed by atoms with E-state index in [-0.39, 0.29) is 5.91 Å². The monoisotopic (exact) mass is 361 g/mol. The van der Waals surface area contributed by atoms with Crippen molar-refractivity contribution in [1.82, 2.24) is 14.8 Å². The van der Waals surface area contributed by atoms with Crippen LogP contribution in [0, 0.1) is 13.8 Å². The number of hydrogen-bond donors (Lipinski definition) is 0. The van der Waals surface area contributed by atoms with E-state index in [4.69, 9.17) is 9.15 Å². The Morgan fingerprint density at radius 3 is 2.76 bits per heavy atom. The summed E-state index contributed by atoms with van der Waals surface area (Å²) in [6, 6.07) is 4.28. The zero-order valence-electron chi connectivity index (χ0n) is 14.7. The molecule has 4 rings (SSSR count). The number of aryl methyl sites for hydroxylation is 2. The summed E-state index contributed by atoms with van der Waals surface area (Å²) in [5, 5.41) is 0.776. The number of furan rings is 1. The molecule has 1 amide bonds.